The van der Waals surface area contributed by atoms with E-state index in [0.717, 1.165) is 41.4 Å². The van der Waals surface area contributed by atoms with Crippen molar-refractivity contribution in [3.63, 3.8) is 0 Å². The molecule has 0 aliphatic carbocycles. The highest BCUT2D eigenvalue weighted by atomic mass is 19.1. The molecule has 40 heavy (non-hydrogen) atoms. The van der Waals surface area contributed by atoms with Crippen molar-refractivity contribution in [1.29, 1.82) is 5.26 Å². The molecule has 2 fully saturated rings. The third kappa shape index (κ3) is 5.90. The Kier molecular flexibility index (Phi) is 8.51. The van der Waals surface area contributed by atoms with E-state index in [2.05, 4.69) is 42.0 Å². The fourth-order valence-corrected chi connectivity index (χ4v) is 5.44. The van der Waals surface area contributed by atoms with Crippen molar-refractivity contribution in [1.82, 2.24) is 34.7 Å². The summed E-state index contributed by atoms with van der Waals surface area (Å²) in [7, 11) is 2.98. The third-order valence-corrected chi connectivity index (χ3v) is 7.46. The molecular weight excluding hydrogens is 519 g/mol. The number of nitrogens with zero attached hydrogens (tertiary/aromatic N) is 8. The summed E-state index contributed by atoms with van der Waals surface area (Å²) in [4.78, 5) is 23.8. The van der Waals surface area contributed by atoms with Gasteiger partial charge in [0.2, 0.25) is 5.95 Å². The SMILES string of the molecule is COCCOc1cc(F)c(Nc2ncc(C#N)c(NC[C@@H]3CCCN4CCCC[C@H]34)n2)cc1-n1nnn(C)c1=O. The molecule has 2 N–H and O–H groups in total. The summed E-state index contributed by atoms with van der Waals surface area (Å²) >= 11 is 0. The maximum atomic E-state index is 15.2. The zero-order valence-corrected chi connectivity index (χ0v) is 22.6. The van der Waals surface area contributed by atoms with Crippen LogP contribution in [0.2, 0.25) is 0 Å². The lowest BCUT2D eigenvalue weighted by molar-refractivity contribution is 0.0649. The Morgan fingerprint density at radius 3 is 2.80 bits per heavy atom. The lowest BCUT2D eigenvalue weighted by Crippen LogP contribution is -2.49. The van der Waals surface area contributed by atoms with E-state index in [9.17, 15) is 10.1 Å². The molecule has 2 aliphatic heterocycles. The fraction of sp³-hybridized carbons (Fsp3) is 0.538. The molecule has 2 saturated heterocycles. The topological polar surface area (TPSA) is 148 Å². The molecule has 0 unspecified atom stereocenters. The van der Waals surface area contributed by atoms with Crippen LogP contribution < -0.4 is 21.1 Å². The highest BCUT2D eigenvalue weighted by molar-refractivity contribution is 5.64. The van der Waals surface area contributed by atoms with Gasteiger partial charge in [0.15, 0.2) is 5.82 Å². The van der Waals surface area contributed by atoms with Crippen molar-refractivity contribution in [2.75, 3.05) is 50.6 Å². The van der Waals surface area contributed by atoms with Crippen LogP contribution in [-0.2, 0) is 11.8 Å². The molecule has 0 bridgehead atoms. The maximum absolute atomic E-state index is 15.2. The van der Waals surface area contributed by atoms with Gasteiger partial charge in [0.1, 0.15) is 35.5 Å². The fourth-order valence-electron chi connectivity index (χ4n) is 5.44. The number of rotatable bonds is 10. The van der Waals surface area contributed by atoms with E-state index in [1.807, 2.05) is 0 Å². The number of methoxy groups -OCH3 is 1. The Bertz CT molecular complexity index is 1430. The van der Waals surface area contributed by atoms with Gasteiger partial charge in [-0.05, 0) is 61.2 Å². The van der Waals surface area contributed by atoms with Crippen molar-refractivity contribution in [3.05, 3.63) is 40.2 Å². The molecule has 13 nitrogen and oxygen atoms in total. The van der Waals surface area contributed by atoms with E-state index in [0.29, 0.717) is 29.9 Å². The number of aromatic nitrogens is 6. The Morgan fingerprint density at radius 2 is 2.02 bits per heavy atom. The predicted octanol–water partition coefficient (Wildman–Crippen LogP) is 2.21. The van der Waals surface area contributed by atoms with Crippen molar-refractivity contribution in [2.24, 2.45) is 13.0 Å². The van der Waals surface area contributed by atoms with E-state index in [4.69, 9.17) is 9.47 Å². The van der Waals surface area contributed by atoms with Crippen LogP contribution in [0, 0.1) is 23.1 Å². The van der Waals surface area contributed by atoms with Gasteiger partial charge >= 0.3 is 5.69 Å². The van der Waals surface area contributed by atoms with Gasteiger partial charge in [-0.15, -0.1) is 0 Å². The van der Waals surface area contributed by atoms with Crippen molar-refractivity contribution in [2.45, 2.75) is 38.1 Å². The minimum Gasteiger partial charge on any atom is -0.489 e. The largest absolute Gasteiger partial charge is 0.489 e. The summed E-state index contributed by atoms with van der Waals surface area (Å²) < 4.78 is 27.9. The maximum Gasteiger partial charge on any atom is 0.368 e. The van der Waals surface area contributed by atoms with E-state index in [-0.39, 0.29) is 36.3 Å². The van der Waals surface area contributed by atoms with Crippen LogP contribution in [0.4, 0.5) is 21.8 Å². The molecule has 2 aromatic heterocycles. The summed E-state index contributed by atoms with van der Waals surface area (Å²) in [5, 5.41) is 23.5. The second-order valence-corrected chi connectivity index (χ2v) is 10.0. The van der Waals surface area contributed by atoms with Crippen molar-refractivity contribution < 1.29 is 13.9 Å². The molecule has 0 spiro atoms. The van der Waals surface area contributed by atoms with Gasteiger partial charge in [-0.1, -0.05) is 6.42 Å². The Balaban J connectivity index is 1.38. The summed E-state index contributed by atoms with van der Waals surface area (Å²) in [5.41, 5.74) is -0.0580. The number of anilines is 3. The molecule has 0 radical (unpaired) electrons. The first-order chi connectivity index (χ1) is 19.5. The average molecular weight is 553 g/mol. The summed E-state index contributed by atoms with van der Waals surface area (Å²) in [6.45, 7) is 3.39. The number of benzene rings is 1. The molecule has 5 rings (SSSR count). The zero-order valence-electron chi connectivity index (χ0n) is 22.6. The van der Waals surface area contributed by atoms with Crippen LogP contribution in [0.25, 0.3) is 5.69 Å². The summed E-state index contributed by atoms with van der Waals surface area (Å²) in [5.74, 6) is 0.375. The lowest BCUT2D eigenvalue weighted by atomic mass is 9.83. The smallest absolute Gasteiger partial charge is 0.368 e. The van der Waals surface area contributed by atoms with E-state index in [1.165, 1.54) is 45.7 Å². The van der Waals surface area contributed by atoms with Gasteiger partial charge in [-0.25, -0.2) is 14.2 Å². The minimum atomic E-state index is -0.657. The van der Waals surface area contributed by atoms with E-state index < -0.39 is 11.5 Å². The van der Waals surface area contributed by atoms with Crippen LogP contribution in [0.5, 0.6) is 5.75 Å². The highest BCUT2D eigenvalue weighted by Crippen LogP contribution is 2.32. The lowest BCUT2D eigenvalue weighted by Gasteiger charge is -2.44. The number of aryl methyl sites for hydroxylation is 1. The van der Waals surface area contributed by atoms with Gasteiger partial charge in [0.05, 0.1) is 18.5 Å². The number of fused-ring (bicyclic) bond motifs is 1. The highest BCUT2D eigenvalue weighted by Gasteiger charge is 2.33. The molecule has 4 heterocycles. The number of nitriles is 1. The summed E-state index contributed by atoms with van der Waals surface area (Å²) in [6.07, 6.45) is 7.37. The molecule has 1 aromatic carbocycles. The molecule has 2 atom stereocenters. The molecule has 0 saturated carbocycles. The number of ether oxygens (including phenoxy) is 2. The quantitative estimate of drug-likeness (QED) is 0.357. The number of hydrogen-bond donors (Lipinski definition) is 2. The van der Waals surface area contributed by atoms with Gasteiger partial charge in [-0.2, -0.15) is 19.6 Å². The zero-order chi connectivity index (χ0) is 28.1. The van der Waals surface area contributed by atoms with Gasteiger partial charge in [-0.3, -0.25) is 0 Å². The minimum absolute atomic E-state index is 0.00701. The first-order valence-electron chi connectivity index (χ1n) is 13.4. The van der Waals surface area contributed by atoms with Crippen LogP contribution >= 0.6 is 0 Å². The van der Waals surface area contributed by atoms with E-state index >= 15 is 4.39 Å². The second-order valence-electron chi connectivity index (χ2n) is 10.0. The molecule has 0 amide bonds. The molecule has 2 aliphatic rings. The number of piperidine rings is 2. The first kappa shape index (κ1) is 27.5. The molecule has 3 aromatic rings. The standard InChI is InChI=1S/C26H33FN10O3/c1-35-26(38)37(34-33-35)22-13-20(19(27)12-23(22)40-11-10-39-2)31-25-30-16-18(14-28)24(32-25)29-15-17-6-5-9-36-8-4-3-7-21(17)36/h12-13,16-17,21H,3-11,15H2,1-2H3,(H2,29,30,31,32)/t17-,21+/m0/s1. The molecule has 212 valence electrons. The Labute approximate surface area is 230 Å². The van der Waals surface area contributed by atoms with Crippen LogP contribution in [0.1, 0.15) is 37.7 Å². The predicted molar refractivity (Wildman–Crippen MR) is 144 cm³/mol. The van der Waals surface area contributed by atoms with Crippen molar-refractivity contribution in [3.8, 4) is 17.5 Å². The number of halogens is 1. The van der Waals surface area contributed by atoms with Crippen molar-refractivity contribution >= 4 is 17.5 Å². The monoisotopic (exact) mass is 552 g/mol. The number of hydrogen-bond acceptors (Lipinski definition) is 11. The second kappa shape index (κ2) is 12.4. The van der Waals surface area contributed by atoms with Gasteiger partial charge < -0.3 is 25.0 Å². The van der Waals surface area contributed by atoms with Crippen LogP contribution in [0.3, 0.4) is 0 Å². The summed E-state index contributed by atoms with van der Waals surface area (Å²) in [6, 6.07) is 5.20. The Hall–Kier alpha value is -4.09. The average Bonchev–Trinajstić information content (AvgIpc) is 3.30. The van der Waals surface area contributed by atoms with Gasteiger partial charge in [0.25, 0.3) is 0 Å². The normalized spacial score (nSPS) is 19.1. The van der Waals surface area contributed by atoms with Crippen LogP contribution in [-0.4, -0.2) is 80.7 Å². The first-order valence-corrected chi connectivity index (χ1v) is 13.4. The Morgan fingerprint density at radius 1 is 1.18 bits per heavy atom. The number of nitrogens with one attached hydrogen (secondary N) is 2. The molecular formula is C26H33FN10O3. The van der Waals surface area contributed by atoms with Crippen LogP contribution in [0.15, 0.2) is 23.1 Å². The molecule has 14 heteroatoms. The number of tetrazole rings is 1. The van der Waals surface area contributed by atoms with E-state index in [1.54, 1.807) is 0 Å². The third-order valence-electron chi connectivity index (χ3n) is 7.46. The van der Waals surface area contributed by atoms with Gasteiger partial charge in [0, 0.05) is 32.8 Å².